The number of nitrogens with zero attached hydrogens (tertiary/aromatic N) is 4. The van der Waals surface area contributed by atoms with E-state index in [2.05, 4.69) is 88.2 Å². The first kappa shape index (κ1) is 20.9. The van der Waals surface area contributed by atoms with Crippen molar-refractivity contribution in [1.82, 2.24) is 9.78 Å². The number of aromatic nitrogens is 2. The highest BCUT2D eigenvalue weighted by molar-refractivity contribution is 7.28. The Bertz CT molecular complexity index is 1010. The summed E-state index contributed by atoms with van der Waals surface area (Å²) in [5, 5.41) is 5.61. The van der Waals surface area contributed by atoms with Gasteiger partial charge in [0.2, 0.25) is 0 Å². The molecule has 2 atom stereocenters. The van der Waals surface area contributed by atoms with E-state index in [0.717, 1.165) is 44.0 Å². The summed E-state index contributed by atoms with van der Waals surface area (Å²) < 4.78 is 7.70. The predicted molar refractivity (Wildman–Crippen MR) is 129 cm³/mol. The van der Waals surface area contributed by atoms with E-state index in [9.17, 15) is 0 Å². The summed E-state index contributed by atoms with van der Waals surface area (Å²) in [6, 6.07) is 4.55. The average Bonchev–Trinajstić information content (AvgIpc) is 3.19. The second-order valence-corrected chi connectivity index (χ2v) is 8.63. The number of aryl methyl sites for hydroxylation is 2. The van der Waals surface area contributed by atoms with Crippen LogP contribution in [0.25, 0.3) is 0 Å². The summed E-state index contributed by atoms with van der Waals surface area (Å²) in [6.07, 6.45) is 11.5. The zero-order chi connectivity index (χ0) is 21.3. The maximum Gasteiger partial charge on any atom is 0.0722 e. The Morgan fingerprint density at radius 2 is 2.17 bits per heavy atom. The van der Waals surface area contributed by atoms with Crippen molar-refractivity contribution in [3.8, 4) is 0 Å². The number of morpholine rings is 1. The number of allylic oxidation sites excluding steroid dienone is 3. The highest BCUT2D eigenvalue weighted by Crippen LogP contribution is 2.32. The van der Waals surface area contributed by atoms with Crippen molar-refractivity contribution >= 4 is 25.9 Å². The minimum atomic E-state index is 0.251. The van der Waals surface area contributed by atoms with Crippen molar-refractivity contribution in [2.24, 2.45) is 0 Å². The highest BCUT2D eigenvalue weighted by atomic mass is 31.0. The van der Waals surface area contributed by atoms with Gasteiger partial charge in [0.1, 0.15) is 0 Å². The topological polar surface area (TPSA) is 33.5 Å². The fourth-order valence-electron chi connectivity index (χ4n) is 4.06. The summed E-state index contributed by atoms with van der Waals surface area (Å²) >= 11 is 0. The second kappa shape index (κ2) is 8.79. The molecule has 3 heterocycles. The first-order valence-electron chi connectivity index (χ1n) is 10.6. The van der Waals surface area contributed by atoms with Gasteiger partial charge < -0.3 is 14.5 Å². The van der Waals surface area contributed by atoms with E-state index in [4.69, 9.17) is 4.74 Å². The largest absolute Gasteiger partial charge is 0.375 e. The monoisotopic (exact) mass is 422 g/mol. The molecule has 5 nitrogen and oxygen atoms in total. The molecule has 0 aliphatic carbocycles. The molecule has 0 amide bonds. The second-order valence-electron chi connectivity index (χ2n) is 8.05. The van der Waals surface area contributed by atoms with E-state index in [-0.39, 0.29) is 6.10 Å². The van der Waals surface area contributed by atoms with Gasteiger partial charge in [-0.05, 0) is 61.0 Å². The van der Waals surface area contributed by atoms with Crippen LogP contribution in [0.3, 0.4) is 0 Å². The van der Waals surface area contributed by atoms with Crippen LogP contribution in [-0.2, 0) is 17.7 Å². The van der Waals surface area contributed by atoms with Crippen LogP contribution in [0.2, 0.25) is 0 Å². The molecule has 1 aromatic carbocycles. The summed E-state index contributed by atoms with van der Waals surface area (Å²) in [6.45, 7) is 14.3. The van der Waals surface area contributed by atoms with Crippen LogP contribution in [0.15, 0.2) is 60.7 Å². The van der Waals surface area contributed by atoms with Gasteiger partial charge in [0.05, 0.1) is 24.6 Å². The van der Waals surface area contributed by atoms with Gasteiger partial charge >= 0.3 is 0 Å². The first-order valence-corrected chi connectivity index (χ1v) is 11.2. The number of benzene rings is 1. The van der Waals surface area contributed by atoms with Gasteiger partial charge in [-0.25, -0.2) is 0 Å². The SMILES string of the molecule is C=C1C(Cc2cnn(CC)c2)=CC=CN1c1cc(N2CCO[C@H](C)C2)cc(C)c1P. The smallest absolute Gasteiger partial charge is 0.0722 e. The molecule has 0 N–H and O–H groups in total. The lowest BCUT2D eigenvalue weighted by Crippen LogP contribution is -2.41. The Hall–Kier alpha value is -2.36. The van der Waals surface area contributed by atoms with E-state index in [1.807, 2.05) is 10.9 Å². The van der Waals surface area contributed by atoms with Gasteiger partial charge in [-0.2, -0.15) is 5.10 Å². The lowest BCUT2D eigenvalue weighted by Gasteiger charge is -2.35. The molecule has 1 saturated heterocycles. The Kier molecular flexibility index (Phi) is 6.12. The number of hydrogen-bond donors (Lipinski definition) is 0. The number of hydrogen-bond acceptors (Lipinski definition) is 4. The summed E-state index contributed by atoms with van der Waals surface area (Å²) in [5.74, 6) is 0. The third-order valence-corrected chi connectivity index (χ3v) is 6.57. The Labute approximate surface area is 181 Å². The summed E-state index contributed by atoms with van der Waals surface area (Å²) in [5.41, 5.74) is 7.08. The molecule has 158 valence electrons. The number of rotatable bonds is 5. The van der Waals surface area contributed by atoms with Gasteiger partial charge in [-0.3, -0.25) is 4.68 Å². The average molecular weight is 423 g/mol. The van der Waals surface area contributed by atoms with Crippen LogP contribution in [0.4, 0.5) is 11.4 Å². The van der Waals surface area contributed by atoms with Crippen molar-refractivity contribution in [2.75, 3.05) is 29.5 Å². The van der Waals surface area contributed by atoms with Gasteiger partial charge in [-0.1, -0.05) is 12.7 Å². The molecule has 2 aliphatic heterocycles. The molecule has 1 aromatic heterocycles. The van der Waals surface area contributed by atoms with Crippen LogP contribution in [0.1, 0.15) is 25.0 Å². The van der Waals surface area contributed by atoms with Gasteiger partial charge in [0.15, 0.2) is 0 Å². The van der Waals surface area contributed by atoms with E-state index in [1.165, 1.54) is 27.7 Å². The molecule has 1 fully saturated rings. The molecule has 4 rings (SSSR count). The fraction of sp³-hybridized carbons (Fsp3) is 0.375. The Morgan fingerprint density at radius 1 is 1.33 bits per heavy atom. The maximum atomic E-state index is 5.73. The quantitative estimate of drug-likeness (QED) is 0.684. The zero-order valence-electron chi connectivity index (χ0n) is 18.1. The third kappa shape index (κ3) is 4.23. The lowest BCUT2D eigenvalue weighted by atomic mass is 10.0. The van der Waals surface area contributed by atoms with Crippen LogP contribution < -0.4 is 15.1 Å². The fourth-order valence-corrected chi connectivity index (χ4v) is 4.36. The van der Waals surface area contributed by atoms with Crippen LogP contribution >= 0.6 is 9.24 Å². The maximum absolute atomic E-state index is 5.73. The number of anilines is 2. The van der Waals surface area contributed by atoms with Crippen molar-refractivity contribution in [3.63, 3.8) is 0 Å². The Morgan fingerprint density at radius 3 is 2.90 bits per heavy atom. The molecular weight excluding hydrogens is 391 g/mol. The molecule has 0 spiro atoms. The molecule has 1 unspecified atom stereocenters. The first-order chi connectivity index (χ1) is 14.5. The molecule has 0 radical (unpaired) electrons. The minimum absolute atomic E-state index is 0.251. The molecule has 30 heavy (non-hydrogen) atoms. The van der Waals surface area contributed by atoms with Gasteiger partial charge in [0.25, 0.3) is 0 Å². The molecule has 6 heteroatoms. The third-order valence-electron chi connectivity index (χ3n) is 5.81. The van der Waals surface area contributed by atoms with E-state index < -0.39 is 0 Å². The normalized spacial score (nSPS) is 19.4. The summed E-state index contributed by atoms with van der Waals surface area (Å²) in [7, 11) is 2.92. The zero-order valence-corrected chi connectivity index (χ0v) is 19.3. The molecule has 2 aromatic rings. The van der Waals surface area contributed by atoms with Gasteiger partial charge in [-0.15, -0.1) is 9.24 Å². The van der Waals surface area contributed by atoms with E-state index >= 15 is 0 Å². The van der Waals surface area contributed by atoms with E-state index in [1.54, 1.807) is 0 Å². The van der Waals surface area contributed by atoms with Gasteiger partial charge in [0, 0.05) is 49.8 Å². The van der Waals surface area contributed by atoms with Crippen LogP contribution in [-0.4, -0.2) is 35.6 Å². The van der Waals surface area contributed by atoms with Crippen molar-refractivity contribution in [3.05, 3.63) is 71.9 Å². The standard InChI is InChI=1S/C24H31N4OP/c1-5-27-16-20(14-25-27)12-21-7-6-8-28(19(21)4)23-13-22(11-17(2)24(23)30)26-9-10-29-18(3)15-26/h6-8,11,13-14,16,18H,4-5,9-10,12,15,30H2,1-3H3/t18-/m1/s1. The lowest BCUT2D eigenvalue weighted by molar-refractivity contribution is 0.0532. The number of ether oxygens (including phenoxy) is 1. The van der Waals surface area contributed by atoms with Crippen LogP contribution in [0.5, 0.6) is 0 Å². The molecule has 2 aliphatic rings. The minimum Gasteiger partial charge on any atom is -0.375 e. The van der Waals surface area contributed by atoms with Crippen molar-refractivity contribution in [1.29, 1.82) is 0 Å². The summed E-state index contributed by atoms with van der Waals surface area (Å²) in [4.78, 5) is 4.63. The molecule has 0 saturated carbocycles. The molecular formula is C24H31N4OP. The highest BCUT2D eigenvalue weighted by Gasteiger charge is 2.22. The van der Waals surface area contributed by atoms with Crippen LogP contribution in [0, 0.1) is 6.92 Å². The predicted octanol–water partition coefficient (Wildman–Crippen LogP) is 3.95. The van der Waals surface area contributed by atoms with Crippen molar-refractivity contribution in [2.45, 2.75) is 39.8 Å². The van der Waals surface area contributed by atoms with Crippen molar-refractivity contribution < 1.29 is 4.74 Å². The Balaban J connectivity index is 1.60. The van der Waals surface area contributed by atoms with E-state index in [0.29, 0.717) is 0 Å². The molecule has 0 bridgehead atoms.